The summed E-state index contributed by atoms with van der Waals surface area (Å²) < 4.78 is 5.75. The van der Waals surface area contributed by atoms with Gasteiger partial charge in [-0.25, -0.2) is 0 Å². The van der Waals surface area contributed by atoms with Crippen molar-refractivity contribution >= 4 is 0 Å². The average molecular weight is 308 g/mol. The Balaban J connectivity index is 1.56. The highest BCUT2D eigenvalue weighted by Gasteiger charge is 2.51. The fourth-order valence-corrected chi connectivity index (χ4v) is 6.09. The minimum absolute atomic E-state index is 0.302. The number of aryl methyl sites for hydroxylation is 2. The minimum Gasteiger partial charge on any atom is -0.508 e. The highest BCUT2D eigenvalue weighted by atomic mass is 16.3. The number of rotatable bonds is 0. The van der Waals surface area contributed by atoms with Crippen molar-refractivity contribution in [1.29, 1.82) is 0 Å². The Bertz CT molecular complexity index is 759. The Hall–Kier alpha value is -1.70. The molecule has 1 saturated carbocycles. The fourth-order valence-electron chi connectivity index (χ4n) is 6.09. The summed E-state index contributed by atoms with van der Waals surface area (Å²) in [6, 6.07) is 8.30. The third kappa shape index (κ3) is 1.81. The molecule has 1 aromatic carbocycles. The van der Waals surface area contributed by atoms with Crippen molar-refractivity contribution in [2.45, 2.75) is 56.8 Å². The van der Waals surface area contributed by atoms with Gasteiger partial charge < -0.3 is 9.52 Å². The molecule has 0 saturated heterocycles. The molecule has 1 aromatic heterocycles. The monoisotopic (exact) mass is 308 g/mol. The summed E-state index contributed by atoms with van der Waals surface area (Å²) >= 11 is 0. The molecular weight excluding hydrogens is 284 g/mol. The van der Waals surface area contributed by atoms with Crippen molar-refractivity contribution in [3.63, 3.8) is 0 Å². The van der Waals surface area contributed by atoms with E-state index in [0.717, 1.165) is 24.7 Å². The molecule has 2 heteroatoms. The lowest BCUT2D eigenvalue weighted by molar-refractivity contribution is 0.0712. The molecule has 0 aliphatic heterocycles. The third-order valence-electron chi connectivity index (χ3n) is 7.14. The van der Waals surface area contributed by atoms with Crippen LogP contribution in [0.25, 0.3) is 0 Å². The first kappa shape index (κ1) is 13.7. The van der Waals surface area contributed by atoms with Crippen LogP contribution in [0.2, 0.25) is 0 Å². The van der Waals surface area contributed by atoms with Crippen LogP contribution in [-0.4, -0.2) is 5.11 Å². The van der Waals surface area contributed by atoms with Crippen LogP contribution in [0.4, 0.5) is 0 Å². The van der Waals surface area contributed by atoms with Gasteiger partial charge in [-0.2, -0.15) is 0 Å². The summed E-state index contributed by atoms with van der Waals surface area (Å²) in [4.78, 5) is 0. The SMILES string of the molecule is C[C@]12CC[C@@H]3c4ccc(O)cc4CC[C@H]3[C@@H]1CCc1occc12. The highest BCUT2D eigenvalue weighted by Crippen LogP contribution is 2.59. The second-order valence-electron chi connectivity index (χ2n) is 8.05. The molecule has 120 valence electrons. The number of hydrogen-bond donors (Lipinski definition) is 1. The zero-order valence-corrected chi connectivity index (χ0v) is 13.7. The molecule has 2 aromatic rings. The summed E-state index contributed by atoms with van der Waals surface area (Å²) in [6.07, 6.45) is 9.18. The van der Waals surface area contributed by atoms with Gasteiger partial charge in [-0.1, -0.05) is 13.0 Å². The molecule has 3 aliphatic rings. The van der Waals surface area contributed by atoms with Crippen LogP contribution in [0.1, 0.15) is 61.0 Å². The molecule has 1 N–H and O–H groups in total. The van der Waals surface area contributed by atoms with Crippen LogP contribution in [0, 0.1) is 11.8 Å². The fraction of sp³-hybridized carbons (Fsp3) is 0.524. The topological polar surface area (TPSA) is 33.4 Å². The van der Waals surface area contributed by atoms with Crippen LogP contribution in [-0.2, 0) is 18.3 Å². The van der Waals surface area contributed by atoms with E-state index in [9.17, 15) is 5.11 Å². The second-order valence-corrected chi connectivity index (χ2v) is 8.05. The number of hydrogen-bond acceptors (Lipinski definition) is 2. The molecule has 4 atom stereocenters. The summed E-state index contributed by atoms with van der Waals surface area (Å²) in [6.45, 7) is 2.48. The molecule has 1 heterocycles. The lowest BCUT2D eigenvalue weighted by Crippen LogP contribution is -2.47. The zero-order chi connectivity index (χ0) is 15.6. The molecule has 0 radical (unpaired) electrons. The first-order chi connectivity index (χ1) is 11.2. The van der Waals surface area contributed by atoms with Gasteiger partial charge in [0.15, 0.2) is 0 Å². The molecule has 1 fully saturated rings. The van der Waals surface area contributed by atoms with Gasteiger partial charge in [0.05, 0.1) is 6.26 Å². The number of phenols is 1. The normalized spacial score (nSPS) is 34.9. The van der Waals surface area contributed by atoms with Gasteiger partial charge in [-0.15, -0.1) is 0 Å². The third-order valence-corrected chi connectivity index (χ3v) is 7.14. The molecule has 23 heavy (non-hydrogen) atoms. The Labute approximate surface area is 137 Å². The number of aromatic hydroxyl groups is 1. The molecule has 0 amide bonds. The van der Waals surface area contributed by atoms with Gasteiger partial charge in [-0.3, -0.25) is 0 Å². The van der Waals surface area contributed by atoms with E-state index in [1.165, 1.54) is 48.1 Å². The maximum Gasteiger partial charge on any atom is 0.115 e. The van der Waals surface area contributed by atoms with Gasteiger partial charge in [0.1, 0.15) is 11.5 Å². The van der Waals surface area contributed by atoms with Gasteiger partial charge in [0.2, 0.25) is 0 Å². The average Bonchev–Trinajstić information content (AvgIpc) is 3.03. The summed E-state index contributed by atoms with van der Waals surface area (Å²) in [7, 11) is 0. The number of phenolic OH excluding ortho intramolecular Hbond substituents is 1. The van der Waals surface area contributed by atoms with Crippen molar-refractivity contribution in [1.82, 2.24) is 0 Å². The van der Waals surface area contributed by atoms with E-state index in [1.54, 1.807) is 0 Å². The largest absolute Gasteiger partial charge is 0.508 e. The summed E-state index contributed by atoms with van der Waals surface area (Å²) in [5.41, 5.74) is 4.69. The first-order valence-corrected chi connectivity index (χ1v) is 9.05. The molecule has 2 nitrogen and oxygen atoms in total. The zero-order valence-electron chi connectivity index (χ0n) is 13.7. The smallest absolute Gasteiger partial charge is 0.115 e. The maximum atomic E-state index is 9.79. The Kier molecular flexibility index (Phi) is 2.78. The van der Waals surface area contributed by atoms with E-state index in [2.05, 4.69) is 19.1 Å². The number of benzene rings is 1. The van der Waals surface area contributed by atoms with Crippen molar-refractivity contribution in [3.8, 4) is 5.75 Å². The lowest BCUT2D eigenvalue weighted by atomic mass is 9.50. The molecule has 3 aliphatic carbocycles. The summed E-state index contributed by atoms with van der Waals surface area (Å²) in [5.74, 6) is 3.90. The van der Waals surface area contributed by atoms with Crippen molar-refractivity contribution in [2.24, 2.45) is 11.8 Å². The van der Waals surface area contributed by atoms with Gasteiger partial charge >= 0.3 is 0 Å². The Morgan fingerprint density at radius 1 is 1.13 bits per heavy atom. The molecule has 0 spiro atoms. The van der Waals surface area contributed by atoms with Crippen LogP contribution in [0.5, 0.6) is 5.75 Å². The Morgan fingerprint density at radius 2 is 2.04 bits per heavy atom. The Morgan fingerprint density at radius 3 is 2.96 bits per heavy atom. The molecule has 0 bridgehead atoms. The second kappa shape index (κ2) is 4.66. The van der Waals surface area contributed by atoms with E-state index in [4.69, 9.17) is 4.42 Å². The predicted molar refractivity (Wildman–Crippen MR) is 89.8 cm³/mol. The van der Waals surface area contributed by atoms with E-state index in [-0.39, 0.29) is 0 Å². The number of fused-ring (bicyclic) bond motifs is 7. The quantitative estimate of drug-likeness (QED) is 0.747. The van der Waals surface area contributed by atoms with Crippen molar-refractivity contribution in [2.75, 3.05) is 0 Å². The summed E-state index contributed by atoms with van der Waals surface area (Å²) in [5, 5.41) is 9.79. The maximum absolute atomic E-state index is 9.79. The number of furan rings is 1. The van der Waals surface area contributed by atoms with Crippen LogP contribution >= 0.6 is 0 Å². The standard InChI is InChI=1S/C21H24O2/c1-21-10-8-16-15-5-3-14(22)12-13(15)2-4-17(16)18(21)6-7-20-19(21)9-11-23-20/h3,5,9,11-12,16-18,22H,2,4,6-8,10H2,1H3/t16-,17-,18+,21+/m1/s1. The van der Waals surface area contributed by atoms with Crippen molar-refractivity contribution in [3.05, 3.63) is 53.0 Å². The van der Waals surface area contributed by atoms with E-state index >= 15 is 0 Å². The van der Waals surface area contributed by atoms with Crippen molar-refractivity contribution < 1.29 is 9.52 Å². The predicted octanol–water partition coefficient (Wildman–Crippen LogP) is 4.95. The van der Waals surface area contributed by atoms with Crippen LogP contribution in [0.3, 0.4) is 0 Å². The first-order valence-electron chi connectivity index (χ1n) is 9.05. The molecule has 0 unspecified atom stereocenters. The van der Waals surface area contributed by atoms with Crippen LogP contribution in [0.15, 0.2) is 34.9 Å². The minimum atomic E-state index is 0.302. The van der Waals surface area contributed by atoms with E-state index in [1.807, 2.05) is 18.4 Å². The lowest BCUT2D eigenvalue weighted by Gasteiger charge is -2.53. The van der Waals surface area contributed by atoms with Gasteiger partial charge in [-0.05, 0) is 90.2 Å². The van der Waals surface area contributed by atoms with Gasteiger partial charge in [0.25, 0.3) is 0 Å². The van der Waals surface area contributed by atoms with Gasteiger partial charge in [0, 0.05) is 6.42 Å². The highest BCUT2D eigenvalue weighted by molar-refractivity contribution is 5.41. The van der Waals surface area contributed by atoms with Crippen LogP contribution < -0.4 is 0 Å². The molecular formula is C21H24O2. The van der Waals surface area contributed by atoms with E-state index in [0.29, 0.717) is 17.1 Å². The molecule has 5 rings (SSSR count). The van der Waals surface area contributed by atoms with E-state index < -0.39 is 0 Å².